The van der Waals surface area contributed by atoms with Crippen molar-refractivity contribution in [2.45, 2.75) is 13.5 Å². The van der Waals surface area contributed by atoms with Crippen molar-refractivity contribution in [1.82, 2.24) is 0 Å². The van der Waals surface area contributed by atoms with Gasteiger partial charge in [0.05, 0.1) is 24.1 Å². The number of hydrogen-bond acceptors (Lipinski definition) is 4. The molecule has 0 fully saturated rings. The number of hydrazone groups is 1. The van der Waals surface area contributed by atoms with Crippen LogP contribution in [0, 0.1) is 0 Å². The second kappa shape index (κ2) is 9.18. The number of benzene rings is 3. The van der Waals surface area contributed by atoms with Gasteiger partial charge in [-0.2, -0.15) is 10.1 Å². The maximum absolute atomic E-state index is 13.0. The molecular weight excluding hydrogens is 456 g/mol. The van der Waals surface area contributed by atoms with Crippen molar-refractivity contribution in [2.75, 3.05) is 12.1 Å². The lowest BCUT2D eigenvalue weighted by Crippen LogP contribution is -2.21. The molecule has 3 aromatic rings. The van der Waals surface area contributed by atoms with Crippen molar-refractivity contribution in [3.8, 4) is 11.5 Å². The molecule has 0 unspecified atom stereocenters. The molecule has 1 aliphatic heterocycles. The summed E-state index contributed by atoms with van der Waals surface area (Å²) in [4.78, 5) is 13.0. The Morgan fingerprint density at radius 2 is 1.81 bits per heavy atom. The number of nitrogens with zero attached hydrogens (tertiary/aromatic N) is 2. The third kappa shape index (κ3) is 4.70. The molecule has 0 N–H and O–H groups in total. The predicted octanol–water partition coefficient (Wildman–Crippen LogP) is 5.84. The molecule has 1 heterocycles. The van der Waals surface area contributed by atoms with E-state index in [9.17, 15) is 4.79 Å². The molecule has 0 spiro atoms. The zero-order valence-corrected chi connectivity index (χ0v) is 18.8. The molecule has 0 saturated heterocycles. The van der Waals surface area contributed by atoms with Gasteiger partial charge >= 0.3 is 0 Å². The van der Waals surface area contributed by atoms with Gasteiger partial charge in [-0.25, -0.2) is 0 Å². The summed E-state index contributed by atoms with van der Waals surface area (Å²) in [6.07, 6.45) is 1.82. The SMILES string of the molecule is COc1cc(/C=C2/C(=O)N(c3cccc(Br)c3)N=C2C)ccc1OCc1ccccc1. The average molecular weight is 477 g/mol. The molecule has 0 radical (unpaired) electrons. The minimum atomic E-state index is -0.168. The minimum Gasteiger partial charge on any atom is -0.493 e. The van der Waals surface area contributed by atoms with Crippen LogP contribution in [0.4, 0.5) is 5.69 Å². The summed E-state index contributed by atoms with van der Waals surface area (Å²) >= 11 is 3.44. The fourth-order valence-corrected chi connectivity index (χ4v) is 3.65. The van der Waals surface area contributed by atoms with E-state index in [1.807, 2.05) is 85.8 Å². The first-order valence-electron chi connectivity index (χ1n) is 9.77. The van der Waals surface area contributed by atoms with Crippen molar-refractivity contribution in [3.05, 3.63) is 94.0 Å². The summed E-state index contributed by atoms with van der Waals surface area (Å²) in [6.45, 7) is 2.28. The Morgan fingerprint density at radius 3 is 2.55 bits per heavy atom. The third-order valence-electron chi connectivity index (χ3n) is 4.85. The number of halogens is 1. The molecule has 6 heteroatoms. The van der Waals surface area contributed by atoms with Crippen LogP contribution in [0.2, 0.25) is 0 Å². The quantitative estimate of drug-likeness (QED) is 0.419. The van der Waals surface area contributed by atoms with Crippen LogP contribution in [0.1, 0.15) is 18.1 Å². The number of carbonyl (C=O) groups excluding carboxylic acids is 1. The van der Waals surface area contributed by atoms with Gasteiger partial charge in [-0.15, -0.1) is 0 Å². The first-order chi connectivity index (χ1) is 15.0. The summed E-state index contributed by atoms with van der Waals surface area (Å²) in [7, 11) is 1.60. The summed E-state index contributed by atoms with van der Waals surface area (Å²) < 4.78 is 12.3. The minimum absolute atomic E-state index is 0.168. The Labute approximate surface area is 189 Å². The van der Waals surface area contributed by atoms with E-state index >= 15 is 0 Å². The predicted molar refractivity (Wildman–Crippen MR) is 126 cm³/mol. The van der Waals surface area contributed by atoms with E-state index in [1.165, 1.54) is 5.01 Å². The maximum Gasteiger partial charge on any atom is 0.280 e. The van der Waals surface area contributed by atoms with Crippen LogP contribution in [0.5, 0.6) is 11.5 Å². The Balaban J connectivity index is 1.55. The molecule has 0 saturated carbocycles. The molecule has 3 aromatic carbocycles. The normalized spacial score (nSPS) is 14.7. The molecule has 0 aromatic heterocycles. The smallest absolute Gasteiger partial charge is 0.280 e. The molecule has 156 valence electrons. The highest BCUT2D eigenvalue weighted by molar-refractivity contribution is 9.10. The first kappa shape index (κ1) is 20.9. The van der Waals surface area contributed by atoms with Gasteiger partial charge in [-0.3, -0.25) is 4.79 Å². The molecular formula is C25H21BrN2O3. The van der Waals surface area contributed by atoms with Gasteiger partial charge in [0.25, 0.3) is 5.91 Å². The number of amides is 1. The van der Waals surface area contributed by atoms with E-state index in [2.05, 4.69) is 21.0 Å². The Kier molecular flexibility index (Phi) is 6.18. The summed E-state index contributed by atoms with van der Waals surface area (Å²) in [6, 6.07) is 23.1. The molecule has 4 rings (SSSR count). The summed E-state index contributed by atoms with van der Waals surface area (Å²) in [5.41, 5.74) is 3.82. The van der Waals surface area contributed by atoms with Crippen molar-refractivity contribution in [2.24, 2.45) is 5.10 Å². The van der Waals surface area contributed by atoms with Crippen molar-refractivity contribution >= 4 is 39.3 Å². The van der Waals surface area contributed by atoms with Crippen LogP contribution >= 0.6 is 15.9 Å². The Morgan fingerprint density at radius 1 is 1.00 bits per heavy atom. The van der Waals surface area contributed by atoms with E-state index in [-0.39, 0.29) is 5.91 Å². The van der Waals surface area contributed by atoms with Gasteiger partial charge in [-0.05, 0) is 54.5 Å². The van der Waals surface area contributed by atoms with E-state index in [0.29, 0.717) is 35.1 Å². The average Bonchev–Trinajstić information content (AvgIpc) is 3.07. The summed E-state index contributed by atoms with van der Waals surface area (Å²) in [5, 5.41) is 5.85. The Hall–Kier alpha value is -3.38. The Bertz CT molecular complexity index is 1170. The number of anilines is 1. The standard InChI is InChI=1S/C25H21BrN2O3/c1-17-22(25(29)28(27-17)21-10-6-9-20(26)15-21)13-19-11-12-23(24(14-19)30-2)31-16-18-7-4-3-5-8-18/h3-15H,16H2,1-2H3/b22-13+. The topological polar surface area (TPSA) is 51.1 Å². The van der Waals surface area contributed by atoms with E-state index in [1.54, 1.807) is 7.11 Å². The van der Waals surface area contributed by atoms with Gasteiger partial charge in [0.15, 0.2) is 11.5 Å². The molecule has 0 atom stereocenters. The van der Waals surface area contributed by atoms with Crippen LogP contribution < -0.4 is 14.5 Å². The fraction of sp³-hybridized carbons (Fsp3) is 0.120. The highest BCUT2D eigenvalue weighted by Crippen LogP contribution is 2.31. The molecule has 1 amide bonds. The zero-order chi connectivity index (χ0) is 21.8. The number of methoxy groups -OCH3 is 1. The van der Waals surface area contributed by atoms with Gasteiger partial charge in [0, 0.05) is 4.47 Å². The number of carbonyl (C=O) groups is 1. The van der Waals surface area contributed by atoms with Gasteiger partial charge < -0.3 is 9.47 Å². The lowest BCUT2D eigenvalue weighted by molar-refractivity contribution is -0.114. The molecule has 31 heavy (non-hydrogen) atoms. The van der Waals surface area contributed by atoms with Gasteiger partial charge in [0.2, 0.25) is 0 Å². The van der Waals surface area contributed by atoms with Crippen molar-refractivity contribution in [1.29, 1.82) is 0 Å². The van der Waals surface area contributed by atoms with Gasteiger partial charge in [-0.1, -0.05) is 58.4 Å². The lowest BCUT2D eigenvalue weighted by atomic mass is 10.1. The first-order valence-corrected chi connectivity index (χ1v) is 10.6. The molecule has 5 nitrogen and oxygen atoms in total. The third-order valence-corrected chi connectivity index (χ3v) is 5.34. The zero-order valence-electron chi connectivity index (χ0n) is 17.2. The van der Waals surface area contributed by atoms with Crippen LogP contribution in [0.3, 0.4) is 0 Å². The highest BCUT2D eigenvalue weighted by Gasteiger charge is 2.28. The van der Waals surface area contributed by atoms with Crippen LogP contribution in [0.15, 0.2) is 87.9 Å². The van der Waals surface area contributed by atoms with Crippen molar-refractivity contribution in [3.63, 3.8) is 0 Å². The molecule has 0 bridgehead atoms. The van der Waals surface area contributed by atoms with Crippen LogP contribution in [-0.2, 0) is 11.4 Å². The van der Waals surface area contributed by atoms with E-state index < -0.39 is 0 Å². The van der Waals surface area contributed by atoms with E-state index in [4.69, 9.17) is 9.47 Å². The number of hydrogen-bond donors (Lipinski definition) is 0. The van der Waals surface area contributed by atoms with Crippen molar-refractivity contribution < 1.29 is 14.3 Å². The number of ether oxygens (including phenoxy) is 2. The molecule has 1 aliphatic rings. The maximum atomic E-state index is 13.0. The highest BCUT2D eigenvalue weighted by atomic mass is 79.9. The second-order valence-corrected chi connectivity index (χ2v) is 7.94. The van der Waals surface area contributed by atoms with Crippen LogP contribution in [0.25, 0.3) is 6.08 Å². The largest absolute Gasteiger partial charge is 0.493 e. The van der Waals surface area contributed by atoms with E-state index in [0.717, 1.165) is 15.6 Å². The van der Waals surface area contributed by atoms with Gasteiger partial charge in [0.1, 0.15) is 6.61 Å². The number of rotatable bonds is 6. The second-order valence-electron chi connectivity index (χ2n) is 7.02. The van der Waals surface area contributed by atoms with Crippen LogP contribution in [-0.4, -0.2) is 18.7 Å². The fourth-order valence-electron chi connectivity index (χ4n) is 3.26. The summed E-state index contributed by atoms with van der Waals surface area (Å²) in [5.74, 6) is 1.08. The molecule has 0 aliphatic carbocycles. The lowest BCUT2D eigenvalue weighted by Gasteiger charge is -2.12. The monoisotopic (exact) mass is 476 g/mol.